The van der Waals surface area contributed by atoms with Crippen molar-refractivity contribution in [1.82, 2.24) is 0 Å². The zero-order valence-corrected chi connectivity index (χ0v) is 25.5. The van der Waals surface area contributed by atoms with E-state index in [2.05, 4.69) is 45.4 Å². The van der Waals surface area contributed by atoms with Crippen molar-refractivity contribution in [3.05, 3.63) is 25.5 Å². The van der Waals surface area contributed by atoms with Crippen LogP contribution in [0.5, 0.6) is 0 Å². The van der Waals surface area contributed by atoms with E-state index in [1.807, 2.05) is 0 Å². The summed E-state index contributed by atoms with van der Waals surface area (Å²) in [5.41, 5.74) is 0. The highest BCUT2D eigenvalue weighted by molar-refractivity contribution is 6.84. The van der Waals surface area contributed by atoms with Gasteiger partial charge in [-0.15, -0.1) is 6.58 Å². The normalized spacial score (nSPS) is 25.8. The highest BCUT2D eigenvalue weighted by Crippen LogP contribution is 2.32. The van der Waals surface area contributed by atoms with Gasteiger partial charge >= 0.3 is 0 Å². The number of rotatable bonds is 18. The van der Waals surface area contributed by atoms with Gasteiger partial charge in [0, 0.05) is 26.4 Å². The maximum absolute atomic E-state index is 6.80. The van der Waals surface area contributed by atoms with Gasteiger partial charge in [0.25, 0.3) is 0 Å². The number of allylic oxidation sites excluding steroid dienone is 1. The molecular formula is C29H56O4Si2. The van der Waals surface area contributed by atoms with Crippen molar-refractivity contribution in [2.24, 2.45) is 23.7 Å². The molecule has 0 aromatic rings. The molecule has 0 bridgehead atoms. The standard InChI is InChI=1S/C29H56O4Si2/c1-7-9-10-26-11-13-28(14-12-26)24-31-19-21-34(3,4)33-35(5,6)22-20-32-25-29-17-15-27(16-18-29)23-30-8-2/h7-8,26-29H,1-2,9-25H2,3-6H3. The fourth-order valence-corrected chi connectivity index (χ4v) is 13.9. The van der Waals surface area contributed by atoms with Crippen molar-refractivity contribution in [2.45, 2.75) is 102 Å². The SMILES string of the molecule is C=CCCC1CCC(COCC[Si](C)(C)O[Si](C)(C)CCOCC2CCC(COC=C)CC2)CC1. The molecule has 4 nitrogen and oxygen atoms in total. The van der Waals surface area contributed by atoms with Gasteiger partial charge in [-0.25, -0.2) is 0 Å². The molecule has 0 unspecified atom stereocenters. The molecule has 35 heavy (non-hydrogen) atoms. The summed E-state index contributed by atoms with van der Waals surface area (Å²) in [6, 6.07) is 2.18. The molecule has 0 aliphatic heterocycles. The van der Waals surface area contributed by atoms with Crippen LogP contribution in [0.15, 0.2) is 25.5 Å². The Labute approximate surface area is 219 Å². The maximum atomic E-state index is 6.80. The summed E-state index contributed by atoms with van der Waals surface area (Å²) >= 11 is 0. The molecule has 0 radical (unpaired) electrons. The summed E-state index contributed by atoms with van der Waals surface area (Å²) in [5.74, 6) is 3.09. The van der Waals surface area contributed by atoms with E-state index in [9.17, 15) is 0 Å². The lowest BCUT2D eigenvalue weighted by molar-refractivity contribution is 0.0734. The van der Waals surface area contributed by atoms with Crippen LogP contribution in [0.2, 0.25) is 38.3 Å². The largest absolute Gasteiger partial charge is 0.502 e. The molecule has 0 atom stereocenters. The molecule has 204 valence electrons. The van der Waals surface area contributed by atoms with Crippen molar-refractivity contribution < 1.29 is 18.3 Å². The number of ether oxygens (including phenoxy) is 3. The Balaban J connectivity index is 1.52. The topological polar surface area (TPSA) is 36.9 Å². The van der Waals surface area contributed by atoms with Gasteiger partial charge in [-0.1, -0.05) is 25.5 Å². The van der Waals surface area contributed by atoms with Gasteiger partial charge in [0.1, 0.15) is 0 Å². The quantitative estimate of drug-likeness (QED) is 0.0784. The first kappa shape index (κ1) is 30.8. The van der Waals surface area contributed by atoms with Gasteiger partial charge < -0.3 is 18.3 Å². The molecule has 2 rings (SSSR count). The minimum Gasteiger partial charge on any atom is -0.502 e. The molecule has 2 aliphatic rings. The van der Waals surface area contributed by atoms with Crippen LogP contribution in [0, 0.1) is 23.7 Å². The Hall–Kier alpha value is -0.406. The van der Waals surface area contributed by atoms with Crippen LogP contribution in [-0.4, -0.2) is 49.7 Å². The van der Waals surface area contributed by atoms with Crippen LogP contribution < -0.4 is 0 Å². The van der Waals surface area contributed by atoms with Gasteiger partial charge in [0.15, 0.2) is 16.6 Å². The van der Waals surface area contributed by atoms with Crippen LogP contribution in [0.1, 0.15) is 64.2 Å². The predicted molar refractivity (Wildman–Crippen MR) is 154 cm³/mol. The van der Waals surface area contributed by atoms with Crippen LogP contribution in [0.4, 0.5) is 0 Å². The van der Waals surface area contributed by atoms with E-state index in [-0.39, 0.29) is 0 Å². The van der Waals surface area contributed by atoms with E-state index in [4.69, 9.17) is 18.3 Å². The minimum absolute atomic E-state index is 0.697. The fraction of sp³-hybridized carbons (Fsp3) is 0.862. The third-order valence-corrected chi connectivity index (χ3v) is 15.4. The lowest BCUT2D eigenvalue weighted by atomic mass is 9.80. The zero-order valence-electron chi connectivity index (χ0n) is 23.5. The summed E-state index contributed by atoms with van der Waals surface area (Å²) in [5, 5.41) is 0. The summed E-state index contributed by atoms with van der Waals surface area (Å²) in [6.45, 7) is 21.3. The molecule has 6 heteroatoms. The van der Waals surface area contributed by atoms with E-state index in [1.165, 1.54) is 64.2 Å². The van der Waals surface area contributed by atoms with Crippen molar-refractivity contribution >= 4 is 16.6 Å². The Morgan fingerprint density at radius 2 is 1.09 bits per heavy atom. The monoisotopic (exact) mass is 524 g/mol. The van der Waals surface area contributed by atoms with Gasteiger partial charge in [-0.3, -0.25) is 0 Å². The average Bonchev–Trinajstić information content (AvgIpc) is 2.83. The highest BCUT2D eigenvalue weighted by atomic mass is 28.4. The lowest BCUT2D eigenvalue weighted by Crippen LogP contribution is -2.45. The third-order valence-electron chi connectivity index (χ3n) is 8.12. The van der Waals surface area contributed by atoms with E-state index in [1.54, 1.807) is 6.26 Å². The minimum atomic E-state index is -1.71. The molecule has 0 heterocycles. The third kappa shape index (κ3) is 13.6. The van der Waals surface area contributed by atoms with Crippen LogP contribution in [0.3, 0.4) is 0 Å². The molecule has 0 aromatic heterocycles. The highest BCUT2D eigenvalue weighted by Gasteiger charge is 2.33. The van der Waals surface area contributed by atoms with E-state index in [0.717, 1.165) is 57.0 Å². The predicted octanol–water partition coefficient (Wildman–Crippen LogP) is 8.19. The van der Waals surface area contributed by atoms with E-state index in [0.29, 0.717) is 11.8 Å². The second kappa shape index (κ2) is 16.4. The zero-order chi connectivity index (χ0) is 25.6. The molecule has 0 aromatic carbocycles. The van der Waals surface area contributed by atoms with Gasteiger partial charge in [-0.2, -0.15) is 0 Å². The Kier molecular flexibility index (Phi) is 14.5. The molecule has 2 aliphatic carbocycles. The first-order chi connectivity index (χ1) is 16.7. The molecule has 0 spiro atoms. The maximum Gasteiger partial charge on any atom is 0.175 e. The molecular weight excluding hydrogens is 468 g/mol. The van der Waals surface area contributed by atoms with Gasteiger partial charge in [0.2, 0.25) is 0 Å². The van der Waals surface area contributed by atoms with Gasteiger partial charge in [-0.05, 0) is 113 Å². The first-order valence-electron chi connectivity index (χ1n) is 14.4. The summed E-state index contributed by atoms with van der Waals surface area (Å²) in [6.07, 6.45) is 16.6. The van der Waals surface area contributed by atoms with Crippen LogP contribution in [0.25, 0.3) is 0 Å². The Morgan fingerprint density at radius 1 is 0.657 bits per heavy atom. The fourth-order valence-electron chi connectivity index (χ4n) is 5.80. The average molecular weight is 525 g/mol. The Bertz CT molecular complexity index is 529. The van der Waals surface area contributed by atoms with E-state index >= 15 is 0 Å². The van der Waals surface area contributed by atoms with Crippen molar-refractivity contribution in [2.75, 3.05) is 33.0 Å². The van der Waals surface area contributed by atoms with Crippen LogP contribution >= 0.6 is 0 Å². The second-order valence-corrected chi connectivity index (χ2v) is 21.3. The number of hydrogen-bond acceptors (Lipinski definition) is 4. The molecule has 2 fully saturated rings. The van der Waals surface area contributed by atoms with Crippen molar-refractivity contribution in [1.29, 1.82) is 0 Å². The first-order valence-corrected chi connectivity index (χ1v) is 20.6. The molecule has 0 N–H and O–H groups in total. The molecule has 2 saturated carbocycles. The van der Waals surface area contributed by atoms with Gasteiger partial charge in [0.05, 0.1) is 12.9 Å². The van der Waals surface area contributed by atoms with E-state index < -0.39 is 16.6 Å². The number of hydrogen-bond donors (Lipinski definition) is 0. The lowest BCUT2D eigenvalue weighted by Gasteiger charge is -2.34. The Morgan fingerprint density at radius 3 is 1.51 bits per heavy atom. The smallest absolute Gasteiger partial charge is 0.175 e. The molecule has 0 saturated heterocycles. The summed E-state index contributed by atoms with van der Waals surface area (Å²) in [7, 11) is -3.42. The summed E-state index contributed by atoms with van der Waals surface area (Å²) in [4.78, 5) is 0. The van der Waals surface area contributed by atoms with Crippen molar-refractivity contribution in [3.8, 4) is 0 Å². The van der Waals surface area contributed by atoms with Crippen LogP contribution in [-0.2, 0) is 18.3 Å². The second-order valence-electron chi connectivity index (χ2n) is 12.4. The van der Waals surface area contributed by atoms with Crippen molar-refractivity contribution in [3.63, 3.8) is 0 Å². The summed E-state index contributed by atoms with van der Waals surface area (Å²) < 4.78 is 24.5. The molecule has 0 amide bonds.